The number of hydrogen-bond donors (Lipinski definition) is 0. The van der Waals surface area contributed by atoms with Gasteiger partial charge >= 0.3 is 5.97 Å². The Hall–Kier alpha value is -2.70. The van der Waals surface area contributed by atoms with Crippen molar-refractivity contribution in [3.05, 3.63) is 23.8 Å². The molecule has 0 fully saturated rings. The first-order valence-corrected chi connectivity index (χ1v) is 9.17. The van der Waals surface area contributed by atoms with Crippen LogP contribution in [0.4, 0.5) is 0 Å². The van der Waals surface area contributed by atoms with E-state index < -0.39 is 12.1 Å². The van der Waals surface area contributed by atoms with Gasteiger partial charge in [-0.1, -0.05) is 0 Å². The summed E-state index contributed by atoms with van der Waals surface area (Å²) in [6, 6.07) is 3.38. The summed E-state index contributed by atoms with van der Waals surface area (Å²) in [7, 11) is 4.57. The van der Waals surface area contributed by atoms with Gasteiger partial charge in [0.2, 0.25) is 0 Å². The Morgan fingerprint density at radius 3 is 1.82 bits per heavy atom. The predicted octanol–water partition coefficient (Wildman–Crippen LogP) is 3.30. The smallest absolute Gasteiger partial charge is 0.331 e. The van der Waals surface area contributed by atoms with E-state index in [-0.39, 0.29) is 18.0 Å². The third-order valence-corrected chi connectivity index (χ3v) is 4.14. The van der Waals surface area contributed by atoms with Crippen molar-refractivity contribution in [3.63, 3.8) is 0 Å². The summed E-state index contributed by atoms with van der Waals surface area (Å²) in [6.07, 6.45) is 1.92. The van der Waals surface area contributed by atoms with E-state index in [0.29, 0.717) is 22.8 Å². The summed E-state index contributed by atoms with van der Waals surface area (Å²) in [5, 5.41) is 0. The zero-order chi connectivity index (χ0) is 21.4. The van der Waals surface area contributed by atoms with Crippen LogP contribution in [-0.4, -0.2) is 56.3 Å². The fourth-order valence-corrected chi connectivity index (χ4v) is 2.92. The van der Waals surface area contributed by atoms with Gasteiger partial charge in [-0.25, -0.2) is 4.79 Å². The van der Waals surface area contributed by atoms with E-state index in [4.69, 9.17) is 18.9 Å². The van der Waals surface area contributed by atoms with E-state index >= 15 is 0 Å². The van der Waals surface area contributed by atoms with Crippen LogP contribution in [0.5, 0.6) is 17.2 Å². The molecule has 0 aliphatic carbocycles. The Kier molecular flexibility index (Phi) is 8.82. The molecule has 7 nitrogen and oxygen atoms in total. The number of methoxy groups -OCH3 is 3. The lowest BCUT2D eigenvalue weighted by Crippen LogP contribution is -2.47. The maximum absolute atomic E-state index is 12.6. The van der Waals surface area contributed by atoms with Crippen LogP contribution in [0.25, 0.3) is 6.08 Å². The Morgan fingerprint density at radius 2 is 1.36 bits per heavy atom. The van der Waals surface area contributed by atoms with Gasteiger partial charge < -0.3 is 23.8 Å². The van der Waals surface area contributed by atoms with Gasteiger partial charge in [0.05, 0.1) is 21.3 Å². The number of rotatable bonds is 9. The minimum Gasteiger partial charge on any atom is -0.496 e. The van der Waals surface area contributed by atoms with Gasteiger partial charge in [-0.15, -0.1) is 0 Å². The third kappa shape index (κ3) is 5.90. The van der Waals surface area contributed by atoms with Crippen LogP contribution < -0.4 is 14.2 Å². The van der Waals surface area contributed by atoms with Crippen molar-refractivity contribution >= 4 is 18.0 Å². The van der Waals surface area contributed by atoms with Gasteiger partial charge in [0.15, 0.2) is 17.6 Å². The zero-order valence-electron chi connectivity index (χ0n) is 17.9. The molecule has 0 aliphatic rings. The van der Waals surface area contributed by atoms with Crippen LogP contribution in [0.3, 0.4) is 0 Å². The number of ether oxygens (including phenoxy) is 4. The number of amides is 1. The molecular weight excluding hydrogens is 362 g/mol. The van der Waals surface area contributed by atoms with E-state index in [1.165, 1.54) is 27.4 Å². The summed E-state index contributed by atoms with van der Waals surface area (Å²) in [6.45, 7) is 9.28. The molecule has 0 aliphatic heterocycles. The van der Waals surface area contributed by atoms with E-state index in [2.05, 4.69) is 0 Å². The molecular formula is C21H31NO6. The normalized spacial score (nSPS) is 12.2. The molecule has 0 spiro atoms. The highest BCUT2D eigenvalue weighted by atomic mass is 16.5. The topological polar surface area (TPSA) is 74.3 Å². The number of benzene rings is 1. The molecule has 0 bridgehead atoms. The fraction of sp³-hybridized carbons (Fsp3) is 0.524. The molecule has 1 rings (SSSR count). The van der Waals surface area contributed by atoms with Crippen molar-refractivity contribution in [2.24, 2.45) is 0 Å². The number of carbonyl (C=O) groups excluding carboxylic acids is 2. The second-order valence-electron chi connectivity index (χ2n) is 6.79. The molecule has 28 heavy (non-hydrogen) atoms. The Morgan fingerprint density at radius 1 is 0.857 bits per heavy atom. The van der Waals surface area contributed by atoms with Crippen LogP contribution in [0.15, 0.2) is 18.2 Å². The minimum absolute atomic E-state index is 0.0141. The van der Waals surface area contributed by atoms with E-state index in [0.717, 1.165) is 0 Å². The van der Waals surface area contributed by atoms with Gasteiger partial charge in [0.25, 0.3) is 5.91 Å². The minimum atomic E-state index is -0.880. The first-order valence-electron chi connectivity index (χ1n) is 9.17. The Balaban J connectivity index is 2.93. The average Bonchev–Trinajstić information content (AvgIpc) is 2.64. The van der Waals surface area contributed by atoms with Crippen molar-refractivity contribution < 1.29 is 28.5 Å². The molecule has 0 unspecified atom stereocenters. The second kappa shape index (κ2) is 10.6. The summed E-state index contributed by atoms with van der Waals surface area (Å²) < 4.78 is 21.1. The summed E-state index contributed by atoms with van der Waals surface area (Å²) >= 11 is 0. The molecule has 0 N–H and O–H groups in total. The quantitative estimate of drug-likeness (QED) is 0.473. The molecule has 0 saturated heterocycles. The first kappa shape index (κ1) is 23.3. The lowest BCUT2D eigenvalue weighted by Gasteiger charge is -2.32. The predicted molar refractivity (Wildman–Crippen MR) is 108 cm³/mol. The highest BCUT2D eigenvalue weighted by Gasteiger charge is 2.27. The van der Waals surface area contributed by atoms with Crippen LogP contribution in [0, 0.1) is 0 Å². The molecule has 0 heterocycles. The molecule has 7 heteroatoms. The number of esters is 1. The molecule has 1 aromatic carbocycles. The Bertz CT molecular complexity index is 703. The SMILES string of the molecule is COc1cc(OC)c(OC)cc1/C=C/C(=O)O[C@@H](C)C(=O)N(C(C)C)C(C)C. The van der Waals surface area contributed by atoms with Gasteiger partial charge in [0.1, 0.15) is 5.75 Å². The number of hydrogen-bond acceptors (Lipinski definition) is 6. The number of nitrogens with zero attached hydrogens (tertiary/aromatic N) is 1. The van der Waals surface area contributed by atoms with Crippen molar-refractivity contribution in [2.45, 2.75) is 52.8 Å². The number of carbonyl (C=O) groups is 2. The van der Waals surface area contributed by atoms with Crippen molar-refractivity contribution in [2.75, 3.05) is 21.3 Å². The summed E-state index contributed by atoms with van der Waals surface area (Å²) in [4.78, 5) is 26.5. The van der Waals surface area contributed by atoms with E-state index in [1.807, 2.05) is 27.7 Å². The molecule has 0 saturated carbocycles. The standard InChI is InChI=1S/C21H31NO6/c1-13(2)22(14(3)4)21(24)15(5)28-20(23)10-9-16-11-18(26-7)19(27-8)12-17(16)25-6/h9-15H,1-8H3/b10-9+/t15-/m0/s1. The van der Waals surface area contributed by atoms with Crippen LogP contribution in [0.1, 0.15) is 40.2 Å². The third-order valence-electron chi connectivity index (χ3n) is 4.14. The van der Waals surface area contributed by atoms with Gasteiger partial charge in [-0.2, -0.15) is 0 Å². The molecule has 0 aromatic heterocycles. The van der Waals surface area contributed by atoms with Crippen molar-refractivity contribution in [3.8, 4) is 17.2 Å². The fourth-order valence-electron chi connectivity index (χ4n) is 2.92. The second-order valence-corrected chi connectivity index (χ2v) is 6.79. The van der Waals surface area contributed by atoms with Gasteiger partial charge in [-0.05, 0) is 46.8 Å². The molecule has 0 radical (unpaired) electrons. The van der Waals surface area contributed by atoms with E-state index in [1.54, 1.807) is 30.0 Å². The highest BCUT2D eigenvalue weighted by Crippen LogP contribution is 2.35. The van der Waals surface area contributed by atoms with Crippen LogP contribution in [0.2, 0.25) is 0 Å². The molecule has 156 valence electrons. The highest BCUT2D eigenvalue weighted by molar-refractivity contribution is 5.91. The monoisotopic (exact) mass is 393 g/mol. The van der Waals surface area contributed by atoms with Gasteiger partial charge in [0, 0.05) is 29.8 Å². The zero-order valence-corrected chi connectivity index (χ0v) is 17.9. The van der Waals surface area contributed by atoms with Crippen molar-refractivity contribution in [1.82, 2.24) is 4.90 Å². The maximum Gasteiger partial charge on any atom is 0.331 e. The lowest BCUT2D eigenvalue weighted by atomic mass is 10.1. The van der Waals surface area contributed by atoms with E-state index in [9.17, 15) is 9.59 Å². The molecule has 1 amide bonds. The first-order chi connectivity index (χ1) is 13.2. The molecule has 1 atom stereocenters. The summed E-state index contributed by atoms with van der Waals surface area (Å²) in [5.74, 6) is 0.683. The van der Waals surface area contributed by atoms with Gasteiger partial charge in [-0.3, -0.25) is 4.79 Å². The molecule has 1 aromatic rings. The maximum atomic E-state index is 12.6. The van der Waals surface area contributed by atoms with Crippen LogP contribution in [-0.2, 0) is 14.3 Å². The average molecular weight is 393 g/mol. The Labute approximate surface area is 167 Å². The van der Waals surface area contributed by atoms with Crippen molar-refractivity contribution in [1.29, 1.82) is 0 Å². The lowest BCUT2D eigenvalue weighted by molar-refractivity contribution is -0.157. The summed E-state index contributed by atoms with van der Waals surface area (Å²) in [5.41, 5.74) is 0.613. The van der Waals surface area contributed by atoms with Crippen LogP contribution >= 0.6 is 0 Å². The largest absolute Gasteiger partial charge is 0.496 e.